The third kappa shape index (κ3) is 2.34. The third-order valence-corrected chi connectivity index (χ3v) is 3.04. The van der Waals surface area contributed by atoms with E-state index in [2.05, 4.69) is 12.2 Å². The van der Waals surface area contributed by atoms with Gasteiger partial charge in [0.05, 0.1) is 5.54 Å². The number of carbonyl (C=O) groups is 1. The van der Waals surface area contributed by atoms with Crippen LogP contribution < -0.4 is 5.23 Å². The normalized spacial score (nSPS) is 29.2. The molecule has 0 aromatic heterocycles. The summed E-state index contributed by atoms with van der Waals surface area (Å²) in [5.41, 5.74) is -0.561. The molecule has 0 aromatic carbocycles. The SMILES string of the molecule is [B]NC(C)(C)C(=O)C1CCC(C)C1. The first-order valence-corrected chi connectivity index (χ1v) is 4.99. The average Bonchev–Trinajstić information content (AvgIpc) is 2.50. The highest BCUT2D eigenvalue weighted by atomic mass is 16.1. The molecular formula is C10H18BNO. The van der Waals surface area contributed by atoms with Gasteiger partial charge < -0.3 is 5.23 Å². The molecule has 2 radical (unpaired) electrons. The molecule has 1 aliphatic carbocycles. The van der Waals surface area contributed by atoms with Crippen LogP contribution in [-0.4, -0.2) is 19.3 Å². The fraction of sp³-hybridized carbons (Fsp3) is 0.900. The molecule has 1 saturated carbocycles. The molecule has 0 amide bonds. The lowest BCUT2D eigenvalue weighted by atomic mass is 9.86. The second-order valence-electron chi connectivity index (χ2n) is 4.75. The van der Waals surface area contributed by atoms with E-state index in [-0.39, 0.29) is 11.7 Å². The van der Waals surface area contributed by atoms with Crippen LogP contribution >= 0.6 is 0 Å². The molecule has 72 valence electrons. The molecular weight excluding hydrogens is 161 g/mol. The monoisotopic (exact) mass is 179 g/mol. The molecule has 1 fully saturated rings. The Balaban J connectivity index is 2.58. The summed E-state index contributed by atoms with van der Waals surface area (Å²) < 4.78 is 0. The van der Waals surface area contributed by atoms with Gasteiger partial charge in [0.2, 0.25) is 0 Å². The fourth-order valence-corrected chi connectivity index (χ4v) is 2.03. The summed E-state index contributed by atoms with van der Waals surface area (Å²) >= 11 is 0. The topological polar surface area (TPSA) is 29.1 Å². The summed E-state index contributed by atoms with van der Waals surface area (Å²) in [6.45, 7) is 5.90. The van der Waals surface area contributed by atoms with Gasteiger partial charge in [0.1, 0.15) is 0 Å². The van der Waals surface area contributed by atoms with Gasteiger partial charge in [0.15, 0.2) is 13.8 Å². The van der Waals surface area contributed by atoms with Crippen LogP contribution in [0.3, 0.4) is 0 Å². The largest absolute Gasteiger partial charge is 0.356 e. The van der Waals surface area contributed by atoms with Crippen molar-refractivity contribution in [3.05, 3.63) is 0 Å². The highest BCUT2D eigenvalue weighted by Crippen LogP contribution is 2.33. The van der Waals surface area contributed by atoms with E-state index in [1.54, 1.807) is 0 Å². The van der Waals surface area contributed by atoms with Gasteiger partial charge in [0.25, 0.3) is 0 Å². The maximum atomic E-state index is 11.9. The van der Waals surface area contributed by atoms with Crippen LogP contribution in [0.5, 0.6) is 0 Å². The van der Waals surface area contributed by atoms with Crippen molar-refractivity contribution in [2.24, 2.45) is 11.8 Å². The first kappa shape index (κ1) is 10.8. The van der Waals surface area contributed by atoms with E-state index in [4.69, 9.17) is 7.98 Å². The van der Waals surface area contributed by atoms with E-state index in [1.165, 1.54) is 6.42 Å². The van der Waals surface area contributed by atoms with Crippen molar-refractivity contribution in [2.45, 2.75) is 45.6 Å². The van der Waals surface area contributed by atoms with Gasteiger partial charge >= 0.3 is 0 Å². The molecule has 0 aliphatic heterocycles. The summed E-state index contributed by atoms with van der Waals surface area (Å²) in [7, 11) is 5.34. The van der Waals surface area contributed by atoms with Crippen LogP contribution in [0.2, 0.25) is 0 Å². The molecule has 3 heteroatoms. The molecule has 0 bridgehead atoms. The van der Waals surface area contributed by atoms with E-state index in [0.29, 0.717) is 5.92 Å². The van der Waals surface area contributed by atoms with Crippen LogP contribution in [0, 0.1) is 11.8 Å². The van der Waals surface area contributed by atoms with Crippen LogP contribution in [0.4, 0.5) is 0 Å². The Labute approximate surface area is 81.9 Å². The van der Waals surface area contributed by atoms with E-state index < -0.39 is 5.54 Å². The van der Waals surface area contributed by atoms with Crippen LogP contribution in [0.1, 0.15) is 40.0 Å². The zero-order valence-corrected chi connectivity index (χ0v) is 8.76. The second-order valence-corrected chi connectivity index (χ2v) is 4.75. The van der Waals surface area contributed by atoms with E-state index in [0.717, 1.165) is 12.8 Å². The standard InChI is InChI=1S/C10H18BNO/c1-7-4-5-8(6-7)9(13)10(2,3)12-11/h7-8,12H,4-6H2,1-3H3. The number of ketones is 1. The minimum absolute atomic E-state index is 0.223. The molecule has 1 rings (SSSR count). The average molecular weight is 179 g/mol. The van der Waals surface area contributed by atoms with E-state index in [9.17, 15) is 4.79 Å². The van der Waals surface area contributed by atoms with E-state index in [1.807, 2.05) is 13.8 Å². The Morgan fingerprint density at radius 1 is 1.46 bits per heavy atom. The Morgan fingerprint density at radius 2 is 2.08 bits per heavy atom. The summed E-state index contributed by atoms with van der Waals surface area (Å²) in [6.07, 6.45) is 3.24. The van der Waals surface area contributed by atoms with Crippen molar-refractivity contribution < 1.29 is 4.79 Å². The van der Waals surface area contributed by atoms with Crippen LogP contribution in [0.25, 0.3) is 0 Å². The van der Waals surface area contributed by atoms with E-state index >= 15 is 0 Å². The number of hydrogen-bond acceptors (Lipinski definition) is 2. The zero-order valence-electron chi connectivity index (χ0n) is 8.76. The molecule has 0 aromatic rings. The molecule has 2 unspecified atom stereocenters. The number of nitrogens with one attached hydrogen (secondary N) is 1. The Morgan fingerprint density at radius 3 is 2.46 bits per heavy atom. The minimum atomic E-state index is -0.561. The van der Waals surface area contributed by atoms with Gasteiger partial charge in [0, 0.05) is 5.92 Å². The lowest BCUT2D eigenvalue weighted by Gasteiger charge is -2.26. The van der Waals surface area contributed by atoms with Gasteiger partial charge in [-0.05, 0) is 39.0 Å². The van der Waals surface area contributed by atoms with Crippen LogP contribution in [-0.2, 0) is 4.79 Å². The molecule has 13 heavy (non-hydrogen) atoms. The van der Waals surface area contributed by atoms with Gasteiger partial charge in [-0.1, -0.05) is 6.92 Å². The summed E-state index contributed by atoms with van der Waals surface area (Å²) in [6, 6.07) is 0. The van der Waals surface area contributed by atoms with Crippen molar-refractivity contribution in [3.63, 3.8) is 0 Å². The smallest absolute Gasteiger partial charge is 0.179 e. The highest BCUT2D eigenvalue weighted by molar-refractivity contribution is 6.08. The Bertz CT molecular complexity index is 203. The van der Waals surface area contributed by atoms with Gasteiger partial charge in [-0.15, -0.1) is 0 Å². The maximum Gasteiger partial charge on any atom is 0.179 e. The molecule has 0 heterocycles. The van der Waals surface area contributed by atoms with Crippen LogP contribution in [0.15, 0.2) is 0 Å². The quantitative estimate of drug-likeness (QED) is 0.664. The predicted molar refractivity (Wildman–Crippen MR) is 54.5 cm³/mol. The lowest BCUT2D eigenvalue weighted by molar-refractivity contribution is -0.127. The maximum absolute atomic E-state index is 11.9. The Hall–Kier alpha value is -0.305. The summed E-state index contributed by atoms with van der Waals surface area (Å²) in [5, 5.41) is 2.58. The number of hydrogen-bond donors (Lipinski definition) is 1. The van der Waals surface area contributed by atoms with Gasteiger partial charge in [-0.3, -0.25) is 4.79 Å². The van der Waals surface area contributed by atoms with Crippen molar-refractivity contribution in [1.29, 1.82) is 0 Å². The van der Waals surface area contributed by atoms with Crippen molar-refractivity contribution in [2.75, 3.05) is 0 Å². The minimum Gasteiger partial charge on any atom is -0.356 e. The number of rotatable bonds is 3. The third-order valence-electron chi connectivity index (χ3n) is 3.04. The number of carbonyl (C=O) groups excluding carboxylic acids is 1. The lowest BCUT2D eigenvalue weighted by Crippen LogP contribution is -2.48. The first-order chi connectivity index (χ1) is 5.97. The highest BCUT2D eigenvalue weighted by Gasteiger charge is 2.35. The second kappa shape index (κ2) is 3.83. The first-order valence-electron chi connectivity index (χ1n) is 4.99. The Kier molecular flexibility index (Phi) is 3.17. The van der Waals surface area contributed by atoms with Crippen molar-refractivity contribution in [1.82, 2.24) is 5.23 Å². The molecule has 0 saturated heterocycles. The molecule has 1 aliphatic rings. The molecule has 2 atom stereocenters. The fourth-order valence-electron chi connectivity index (χ4n) is 2.03. The molecule has 2 nitrogen and oxygen atoms in total. The number of Topliss-reactive ketones (excluding diaryl/α,β-unsaturated/α-hetero) is 1. The van der Waals surface area contributed by atoms with Crippen molar-refractivity contribution in [3.8, 4) is 0 Å². The predicted octanol–water partition coefficient (Wildman–Crippen LogP) is 1.44. The van der Waals surface area contributed by atoms with Gasteiger partial charge in [-0.25, -0.2) is 0 Å². The summed E-state index contributed by atoms with van der Waals surface area (Å²) in [4.78, 5) is 11.9. The molecule has 1 N–H and O–H groups in total. The zero-order chi connectivity index (χ0) is 10.1. The van der Waals surface area contributed by atoms with Crippen molar-refractivity contribution >= 4 is 13.8 Å². The van der Waals surface area contributed by atoms with Gasteiger partial charge in [-0.2, -0.15) is 0 Å². The summed E-state index contributed by atoms with van der Waals surface area (Å²) in [5.74, 6) is 1.18. The molecule has 0 spiro atoms.